The SMILES string of the molecule is Cc1ccc(C)c(C(=O)CCc2nc(C)c(C)s2)c1. The van der Waals surface area contributed by atoms with Crippen molar-refractivity contribution in [2.75, 3.05) is 0 Å². The standard InChI is InChI=1S/C16H19NOS/c1-10-5-6-11(2)14(9-10)15(18)7-8-16-17-12(3)13(4)19-16/h5-6,9H,7-8H2,1-4H3. The molecule has 1 heterocycles. The zero-order valence-corrected chi connectivity index (χ0v) is 12.7. The zero-order chi connectivity index (χ0) is 14.0. The van der Waals surface area contributed by atoms with Crippen molar-refractivity contribution in [3.05, 3.63) is 50.5 Å². The number of Topliss-reactive ketones (excluding diaryl/α,β-unsaturated/α-hetero) is 1. The van der Waals surface area contributed by atoms with Crippen molar-refractivity contribution in [3.8, 4) is 0 Å². The van der Waals surface area contributed by atoms with Gasteiger partial charge in [0, 0.05) is 23.3 Å². The summed E-state index contributed by atoms with van der Waals surface area (Å²) in [6.45, 7) is 8.10. The quantitative estimate of drug-likeness (QED) is 0.782. The van der Waals surface area contributed by atoms with Crippen molar-refractivity contribution in [3.63, 3.8) is 0 Å². The second-order valence-electron chi connectivity index (χ2n) is 4.99. The molecule has 0 unspecified atom stereocenters. The first-order valence-corrected chi connectivity index (χ1v) is 7.32. The molecule has 0 saturated heterocycles. The summed E-state index contributed by atoms with van der Waals surface area (Å²) in [7, 11) is 0. The molecule has 0 radical (unpaired) electrons. The lowest BCUT2D eigenvalue weighted by Gasteiger charge is -2.05. The molecule has 0 bridgehead atoms. The van der Waals surface area contributed by atoms with Gasteiger partial charge in [-0.3, -0.25) is 4.79 Å². The molecular weight excluding hydrogens is 254 g/mol. The Kier molecular flexibility index (Phi) is 4.15. The van der Waals surface area contributed by atoms with E-state index >= 15 is 0 Å². The van der Waals surface area contributed by atoms with Gasteiger partial charge in [-0.05, 0) is 39.3 Å². The van der Waals surface area contributed by atoms with Crippen molar-refractivity contribution in [2.45, 2.75) is 40.5 Å². The van der Waals surface area contributed by atoms with Crippen molar-refractivity contribution >= 4 is 17.1 Å². The Hall–Kier alpha value is -1.48. The topological polar surface area (TPSA) is 30.0 Å². The average Bonchev–Trinajstić information content (AvgIpc) is 2.69. The first kappa shape index (κ1) is 13.9. The Morgan fingerprint density at radius 1 is 1.21 bits per heavy atom. The summed E-state index contributed by atoms with van der Waals surface area (Å²) in [5, 5.41) is 1.06. The Morgan fingerprint density at radius 3 is 2.58 bits per heavy atom. The van der Waals surface area contributed by atoms with Crippen LogP contribution in [-0.4, -0.2) is 10.8 Å². The Labute approximate surface area is 118 Å². The van der Waals surface area contributed by atoms with E-state index in [0.717, 1.165) is 33.8 Å². The molecule has 1 aromatic heterocycles. The highest BCUT2D eigenvalue weighted by Gasteiger charge is 2.11. The van der Waals surface area contributed by atoms with Gasteiger partial charge in [0.1, 0.15) is 0 Å². The first-order valence-electron chi connectivity index (χ1n) is 6.50. The number of rotatable bonds is 4. The third kappa shape index (κ3) is 3.29. The highest BCUT2D eigenvalue weighted by molar-refractivity contribution is 7.11. The lowest BCUT2D eigenvalue weighted by Crippen LogP contribution is -2.04. The number of aryl methyl sites for hydroxylation is 5. The monoisotopic (exact) mass is 273 g/mol. The Balaban J connectivity index is 2.07. The van der Waals surface area contributed by atoms with Gasteiger partial charge in [-0.1, -0.05) is 17.7 Å². The van der Waals surface area contributed by atoms with Gasteiger partial charge in [-0.15, -0.1) is 11.3 Å². The van der Waals surface area contributed by atoms with Crippen molar-refractivity contribution < 1.29 is 4.79 Å². The maximum absolute atomic E-state index is 12.3. The van der Waals surface area contributed by atoms with Crippen LogP contribution in [-0.2, 0) is 6.42 Å². The minimum absolute atomic E-state index is 0.215. The fraction of sp³-hybridized carbons (Fsp3) is 0.375. The highest BCUT2D eigenvalue weighted by atomic mass is 32.1. The first-order chi connectivity index (χ1) is 8.97. The molecule has 1 aromatic carbocycles. The number of ketones is 1. The molecule has 0 amide bonds. The van der Waals surface area contributed by atoms with Crippen molar-refractivity contribution in [1.82, 2.24) is 4.98 Å². The minimum Gasteiger partial charge on any atom is -0.294 e. The summed E-state index contributed by atoms with van der Waals surface area (Å²) in [4.78, 5) is 18.0. The number of aromatic nitrogens is 1. The third-order valence-corrected chi connectivity index (χ3v) is 4.46. The van der Waals surface area contributed by atoms with E-state index < -0.39 is 0 Å². The molecule has 0 saturated carbocycles. The molecule has 0 spiro atoms. The molecule has 100 valence electrons. The Bertz CT molecular complexity index is 594. The predicted octanol–water partition coefficient (Wildman–Crippen LogP) is 4.19. The number of hydrogen-bond donors (Lipinski definition) is 0. The van der Waals surface area contributed by atoms with Crippen LogP contribution in [0.25, 0.3) is 0 Å². The fourth-order valence-corrected chi connectivity index (χ4v) is 2.97. The van der Waals surface area contributed by atoms with E-state index in [1.165, 1.54) is 4.88 Å². The number of thiazole rings is 1. The molecule has 0 aliphatic heterocycles. The van der Waals surface area contributed by atoms with Gasteiger partial charge in [0.2, 0.25) is 0 Å². The van der Waals surface area contributed by atoms with Gasteiger partial charge in [0.25, 0.3) is 0 Å². The van der Waals surface area contributed by atoms with Gasteiger partial charge >= 0.3 is 0 Å². The van der Waals surface area contributed by atoms with Gasteiger partial charge in [-0.2, -0.15) is 0 Å². The smallest absolute Gasteiger partial charge is 0.163 e. The average molecular weight is 273 g/mol. The number of nitrogens with zero attached hydrogens (tertiary/aromatic N) is 1. The molecule has 3 heteroatoms. The van der Waals surface area contributed by atoms with E-state index in [9.17, 15) is 4.79 Å². The van der Waals surface area contributed by atoms with Crippen LogP contribution in [0.15, 0.2) is 18.2 Å². The van der Waals surface area contributed by atoms with E-state index in [1.54, 1.807) is 11.3 Å². The summed E-state index contributed by atoms with van der Waals surface area (Å²) in [5.74, 6) is 0.215. The molecule has 2 nitrogen and oxygen atoms in total. The molecule has 2 aromatic rings. The van der Waals surface area contributed by atoms with Gasteiger partial charge in [-0.25, -0.2) is 4.98 Å². The van der Waals surface area contributed by atoms with Crippen LogP contribution in [0.3, 0.4) is 0 Å². The molecule has 0 aliphatic rings. The highest BCUT2D eigenvalue weighted by Crippen LogP contribution is 2.19. The van der Waals surface area contributed by atoms with Crippen LogP contribution in [0.1, 0.15) is 43.5 Å². The summed E-state index contributed by atoms with van der Waals surface area (Å²) in [6.07, 6.45) is 1.28. The predicted molar refractivity (Wildman–Crippen MR) is 80.2 cm³/mol. The van der Waals surface area contributed by atoms with E-state index in [0.29, 0.717) is 6.42 Å². The van der Waals surface area contributed by atoms with Crippen LogP contribution < -0.4 is 0 Å². The second-order valence-corrected chi connectivity index (χ2v) is 6.28. The van der Waals surface area contributed by atoms with E-state index in [2.05, 4.69) is 11.9 Å². The zero-order valence-electron chi connectivity index (χ0n) is 11.9. The lowest BCUT2D eigenvalue weighted by atomic mass is 9.99. The maximum Gasteiger partial charge on any atom is 0.163 e. The van der Waals surface area contributed by atoms with Gasteiger partial charge < -0.3 is 0 Å². The van der Waals surface area contributed by atoms with Gasteiger partial charge in [0.15, 0.2) is 5.78 Å². The fourth-order valence-electron chi connectivity index (χ4n) is 2.04. The van der Waals surface area contributed by atoms with Gasteiger partial charge in [0.05, 0.1) is 10.7 Å². The number of carbonyl (C=O) groups is 1. The number of hydrogen-bond acceptors (Lipinski definition) is 3. The molecule has 2 rings (SSSR count). The van der Waals surface area contributed by atoms with E-state index in [1.807, 2.05) is 39.0 Å². The Morgan fingerprint density at radius 2 is 1.95 bits per heavy atom. The minimum atomic E-state index is 0.215. The van der Waals surface area contributed by atoms with E-state index in [4.69, 9.17) is 0 Å². The van der Waals surface area contributed by atoms with E-state index in [-0.39, 0.29) is 5.78 Å². The molecular formula is C16H19NOS. The van der Waals surface area contributed by atoms with Crippen LogP contribution in [0.4, 0.5) is 0 Å². The summed E-state index contributed by atoms with van der Waals surface area (Å²) in [5.41, 5.74) is 4.13. The van der Waals surface area contributed by atoms with Crippen LogP contribution in [0.5, 0.6) is 0 Å². The molecule has 0 aliphatic carbocycles. The number of carbonyl (C=O) groups excluding carboxylic acids is 1. The van der Waals surface area contributed by atoms with Crippen molar-refractivity contribution in [2.24, 2.45) is 0 Å². The molecule has 0 N–H and O–H groups in total. The second kappa shape index (κ2) is 5.66. The lowest BCUT2D eigenvalue weighted by molar-refractivity contribution is 0.0982. The van der Waals surface area contributed by atoms with Crippen molar-refractivity contribution in [1.29, 1.82) is 0 Å². The molecule has 0 fully saturated rings. The largest absolute Gasteiger partial charge is 0.294 e. The number of benzene rings is 1. The normalized spacial score (nSPS) is 10.7. The van der Waals surface area contributed by atoms with Crippen LogP contribution in [0, 0.1) is 27.7 Å². The summed E-state index contributed by atoms with van der Waals surface area (Å²) in [6, 6.07) is 6.04. The third-order valence-electron chi connectivity index (χ3n) is 3.33. The molecule has 19 heavy (non-hydrogen) atoms. The van der Waals surface area contributed by atoms with Crippen LogP contribution >= 0.6 is 11.3 Å². The summed E-state index contributed by atoms with van der Waals surface area (Å²) >= 11 is 1.70. The maximum atomic E-state index is 12.3. The summed E-state index contributed by atoms with van der Waals surface area (Å²) < 4.78 is 0. The molecule has 0 atom stereocenters. The van der Waals surface area contributed by atoms with Crippen LogP contribution in [0.2, 0.25) is 0 Å².